The third kappa shape index (κ3) is 2.33. The van der Waals surface area contributed by atoms with Crippen molar-refractivity contribution in [1.82, 2.24) is 0 Å². The van der Waals surface area contributed by atoms with Gasteiger partial charge < -0.3 is 15.7 Å². The molecule has 3 N–H and O–H groups in total. The second-order valence-corrected chi connectivity index (χ2v) is 5.14. The lowest BCUT2D eigenvalue weighted by atomic mass is 9.84. The quantitative estimate of drug-likeness (QED) is 0.877. The van der Waals surface area contributed by atoms with E-state index in [0.29, 0.717) is 25.1 Å². The summed E-state index contributed by atoms with van der Waals surface area (Å²) in [7, 11) is 0. The van der Waals surface area contributed by atoms with Crippen LogP contribution in [-0.4, -0.2) is 30.1 Å². The summed E-state index contributed by atoms with van der Waals surface area (Å²) in [6.07, 6.45) is 0.982. The monoisotopic (exact) mass is 280 g/mol. The van der Waals surface area contributed by atoms with Gasteiger partial charge in [0.1, 0.15) is 5.82 Å². The van der Waals surface area contributed by atoms with Crippen LogP contribution in [0.15, 0.2) is 18.2 Å². The largest absolute Gasteiger partial charge is 0.481 e. The smallest absolute Gasteiger partial charge is 0.311 e. The summed E-state index contributed by atoms with van der Waals surface area (Å²) in [5.74, 6) is -2.10. The van der Waals surface area contributed by atoms with Crippen molar-refractivity contribution in [3.05, 3.63) is 29.6 Å². The zero-order chi connectivity index (χ0) is 14.9. The molecule has 1 saturated heterocycles. The number of rotatable bonds is 4. The van der Waals surface area contributed by atoms with E-state index in [4.69, 9.17) is 5.73 Å². The fourth-order valence-electron chi connectivity index (χ4n) is 2.61. The summed E-state index contributed by atoms with van der Waals surface area (Å²) in [4.78, 5) is 24.1. The molecule has 0 radical (unpaired) electrons. The van der Waals surface area contributed by atoms with Crippen LogP contribution >= 0.6 is 0 Å². The molecular formula is C14H17FN2O3. The Morgan fingerprint density at radius 2 is 2.20 bits per heavy atom. The van der Waals surface area contributed by atoms with Crippen molar-refractivity contribution in [2.24, 2.45) is 11.1 Å². The molecule has 1 unspecified atom stereocenters. The van der Waals surface area contributed by atoms with Gasteiger partial charge in [0.05, 0.1) is 11.1 Å². The van der Waals surface area contributed by atoms with Crippen molar-refractivity contribution < 1.29 is 19.1 Å². The molecule has 0 aromatic heterocycles. The molecular weight excluding hydrogens is 263 g/mol. The Balaban J connectivity index is 2.26. The van der Waals surface area contributed by atoms with Crippen molar-refractivity contribution >= 4 is 17.6 Å². The molecule has 1 heterocycles. The molecule has 0 bridgehead atoms. The minimum atomic E-state index is -0.850. The Hall–Kier alpha value is -2.11. The van der Waals surface area contributed by atoms with E-state index in [2.05, 4.69) is 0 Å². The molecule has 1 aromatic rings. The Morgan fingerprint density at radius 3 is 2.65 bits per heavy atom. The Morgan fingerprint density at radius 1 is 1.50 bits per heavy atom. The molecule has 1 aliphatic rings. The number of carbonyl (C=O) groups excluding carboxylic acids is 1. The average Bonchev–Trinajstić information content (AvgIpc) is 2.84. The number of aliphatic carboxylic acids is 1. The first-order valence-electron chi connectivity index (χ1n) is 6.47. The van der Waals surface area contributed by atoms with E-state index >= 15 is 0 Å². The van der Waals surface area contributed by atoms with E-state index in [0.717, 1.165) is 6.07 Å². The van der Waals surface area contributed by atoms with Crippen LogP contribution in [0, 0.1) is 11.2 Å². The lowest BCUT2D eigenvalue weighted by Crippen LogP contribution is -2.34. The van der Waals surface area contributed by atoms with Gasteiger partial charge in [0.25, 0.3) is 0 Å². The maximum Gasteiger partial charge on any atom is 0.311 e. The van der Waals surface area contributed by atoms with Crippen LogP contribution in [-0.2, 0) is 4.79 Å². The van der Waals surface area contributed by atoms with Gasteiger partial charge in [-0.1, -0.05) is 6.92 Å². The second-order valence-electron chi connectivity index (χ2n) is 5.14. The SMILES string of the molecule is CCC1(C(=O)O)CCN(c2ccc(C(N)=O)cc2F)C1. The number of carboxylic acids is 1. The van der Waals surface area contributed by atoms with Crippen LogP contribution in [0.2, 0.25) is 0 Å². The number of nitrogens with zero attached hydrogens (tertiary/aromatic N) is 1. The number of primary amides is 1. The van der Waals surface area contributed by atoms with Crippen molar-refractivity contribution in [1.29, 1.82) is 0 Å². The van der Waals surface area contributed by atoms with Crippen LogP contribution in [0.1, 0.15) is 30.1 Å². The van der Waals surface area contributed by atoms with Crippen molar-refractivity contribution in [2.45, 2.75) is 19.8 Å². The van der Waals surface area contributed by atoms with Gasteiger partial charge in [-0.15, -0.1) is 0 Å². The molecule has 2 rings (SSSR count). The zero-order valence-electron chi connectivity index (χ0n) is 11.2. The van der Waals surface area contributed by atoms with E-state index < -0.39 is 23.1 Å². The number of halogens is 1. The van der Waals surface area contributed by atoms with Gasteiger partial charge in [0.15, 0.2) is 0 Å². The number of anilines is 1. The minimum absolute atomic E-state index is 0.102. The number of nitrogens with two attached hydrogens (primary N) is 1. The number of hydrogen-bond acceptors (Lipinski definition) is 3. The van der Waals surface area contributed by atoms with Crippen LogP contribution in [0.25, 0.3) is 0 Å². The highest BCUT2D eigenvalue weighted by Gasteiger charge is 2.43. The summed E-state index contributed by atoms with van der Waals surface area (Å²) in [5, 5.41) is 9.33. The molecule has 1 aliphatic heterocycles. The predicted octanol–water partition coefficient (Wildman–Crippen LogP) is 1.62. The maximum atomic E-state index is 14.0. The highest BCUT2D eigenvalue weighted by Crippen LogP contribution is 2.37. The molecule has 1 atom stereocenters. The van der Waals surface area contributed by atoms with Crippen molar-refractivity contribution in [2.75, 3.05) is 18.0 Å². The molecule has 0 spiro atoms. The Kier molecular flexibility index (Phi) is 3.65. The maximum absolute atomic E-state index is 14.0. The summed E-state index contributed by atoms with van der Waals surface area (Å²) in [6, 6.07) is 4.01. The molecule has 1 amide bonds. The number of hydrogen-bond donors (Lipinski definition) is 2. The standard InChI is InChI=1S/C14H17FN2O3/c1-2-14(13(19)20)5-6-17(8-14)11-4-3-9(12(16)18)7-10(11)15/h3-4,7H,2,5-6,8H2,1H3,(H2,16,18)(H,19,20). The fourth-order valence-corrected chi connectivity index (χ4v) is 2.61. The van der Waals surface area contributed by atoms with Gasteiger partial charge in [-0.2, -0.15) is 0 Å². The minimum Gasteiger partial charge on any atom is -0.481 e. The molecule has 1 fully saturated rings. The van der Waals surface area contributed by atoms with Crippen LogP contribution in [0.3, 0.4) is 0 Å². The summed E-state index contributed by atoms with van der Waals surface area (Å²) in [5.41, 5.74) is 4.68. The predicted molar refractivity (Wildman–Crippen MR) is 72.1 cm³/mol. The first kappa shape index (κ1) is 14.3. The normalized spacial score (nSPS) is 22.0. The molecule has 1 aromatic carbocycles. The number of benzene rings is 1. The lowest BCUT2D eigenvalue weighted by Gasteiger charge is -2.24. The third-order valence-electron chi connectivity index (χ3n) is 4.06. The summed E-state index contributed by atoms with van der Waals surface area (Å²) < 4.78 is 14.0. The van der Waals surface area contributed by atoms with Gasteiger partial charge in [-0.3, -0.25) is 9.59 Å². The van der Waals surface area contributed by atoms with E-state index in [1.807, 2.05) is 6.92 Å². The fraction of sp³-hybridized carbons (Fsp3) is 0.429. The second kappa shape index (κ2) is 5.11. The van der Waals surface area contributed by atoms with E-state index in [-0.39, 0.29) is 12.1 Å². The highest BCUT2D eigenvalue weighted by atomic mass is 19.1. The van der Waals surface area contributed by atoms with Crippen LogP contribution in [0.5, 0.6) is 0 Å². The average molecular weight is 280 g/mol. The zero-order valence-corrected chi connectivity index (χ0v) is 11.2. The highest BCUT2D eigenvalue weighted by molar-refractivity contribution is 5.93. The Labute approximate surface area is 116 Å². The van der Waals surface area contributed by atoms with Gasteiger partial charge in [-0.25, -0.2) is 4.39 Å². The van der Waals surface area contributed by atoms with Crippen molar-refractivity contribution in [3.8, 4) is 0 Å². The van der Waals surface area contributed by atoms with Gasteiger partial charge >= 0.3 is 5.97 Å². The molecule has 108 valence electrons. The van der Waals surface area contributed by atoms with Gasteiger partial charge in [0.2, 0.25) is 5.91 Å². The van der Waals surface area contributed by atoms with Crippen LogP contribution < -0.4 is 10.6 Å². The van der Waals surface area contributed by atoms with E-state index in [9.17, 15) is 19.1 Å². The molecule has 0 aliphatic carbocycles. The van der Waals surface area contributed by atoms with E-state index in [1.165, 1.54) is 12.1 Å². The number of amides is 1. The van der Waals surface area contributed by atoms with Crippen LogP contribution in [0.4, 0.5) is 10.1 Å². The molecule has 6 heteroatoms. The topological polar surface area (TPSA) is 83.6 Å². The molecule has 20 heavy (non-hydrogen) atoms. The molecule has 0 saturated carbocycles. The van der Waals surface area contributed by atoms with E-state index in [1.54, 1.807) is 4.90 Å². The number of carboxylic acid groups (broad SMARTS) is 1. The van der Waals surface area contributed by atoms with Gasteiger partial charge in [-0.05, 0) is 31.0 Å². The van der Waals surface area contributed by atoms with Crippen molar-refractivity contribution in [3.63, 3.8) is 0 Å². The third-order valence-corrected chi connectivity index (χ3v) is 4.06. The first-order chi connectivity index (χ1) is 9.39. The first-order valence-corrected chi connectivity index (χ1v) is 6.47. The summed E-state index contributed by atoms with van der Waals surface area (Å²) >= 11 is 0. The number of carbonyl (C=O) groups is 2. The lowest BCUT2D eigenvalue weighted by molar-refractivity contribution is -0.147. The van der Waals surface area contributed by atoms with Gasteiger partial charge in [0, 0.05) is 18.7 Å². The Bertz CT molecular complexity index is 561. The molecule has 5 nitrogen and oxygen atoms in total. The summed E-state index contributed by atoms with van der Waals surface area (Å²) in [6.45, 7) is 2.57.